The molecule has 2 fully saturated rings. The zero-order valence-electron chi connectivity index (χ0n) is 10.6. The first-order valence-electron chi connectivity index (χ1n) is 6.76. The van der Waals surface area contributed by atoms with Crippen LogP contribution in [0.15, 0.2) is 0 Å². The van der Waals surface area contributed by atoms with Crippen LogP contribution in [0, 0.1) is 17.3 Å². The van der Waals surface area contributed by atoms with Crippen LogP contribution < -0.4 is 0 Å². The van der Waals surface area contributed by atoms with Gasteiger partial charge in [-0.1, -0.05) is 33.6 Å². The summed E-state index contributed by atoms with van der Waals surface area (Å²) in [6, 6.07) is 0. The van der Waals surface area contributed by atoms with Crippen LogP contribution >= 0.6 is 0 Å². The van der Waals surface area contributed by atoms with Gasteiger partial charge in [0.25, 0.3) is 0 Å². The van der Waals surface area contributed by atoms with Crippen molar-refractivity contribution in [3.05, 3.63) is 0 Å². The summed E-state index contributed by atoms with van der Waals surface area (Å²) in [6.07, 6.45) is 8.89. The van der Waals surface area contributed by atoms with Gasteiger partial charge in [0.2, 0.25) is 0 Å². The highest BCUT2D eigenvalue weighted by Crippen LogP contribution is 2.48. The number of hydrogen-bond donors (Lipinski definition) is 0. The van der Waals surface area contributed by atoms with Gasteiger partial charge < -0.3 is 4.74 Å². The van der Waals surface area contributed by atoms with E-state index in [9.17, 15) is 0 Å². The molecule has 0 aromatic rings. The van der Waals surface area contributed by atoms with E-state index in [0.29, 0.717) is 11.5 Å². The molecule has 1 aliphatic carbocycles. The number of ether oxygens (including phenoxy) is 1. The molecule has 0 amide bonds. The summed E-state index contributed by atoms with van der Waals surface area (Å²) >= 11 is 0. The average Bonchev–Trinajstić information content (AvgIpc) is 2.57. The molecule has 4 atom stereocenters. The minimum atomic E-state index is 0.585. The van der Waals surface area contributed by atoms with Crippen molar-refractivity contribution in [1.29, 1.82) is 0 Å². The molecular weight excluding hydrogens is 184 g/mol. The lowest BCUT2D eigenvalue weighted by molar-refractivity contribution is 0.00951. The standard InChI is InChI=1S/C14H26O/c1-4-5-7-14(3)8-6-12-11(2)10-15-13(12)9-14/h11-13H,4-10H2,1-3H3/t11?,12-,13+,14?/m0/s1. The van der Waals surface area contributed by atoms with Gasteiger partial charge in [-0.2, -0.15) is 0 Å². The lowest BCUT2D eigenvalue weighted by atomic mass is 9.66. The predicted octanol–water partition coefficient (Wildman–Crippen LogP) is 4.02. The van der Waals surface area contributed by atoms with Crippen LogP contribution in [0.4, 0.5) is 0 Å². The number of rotatable bonds is 3. The molecule has 1 heterocycles. The first kappa shape index (κ1) is 11.4. The molecule has 0 aromatic heterocycles. The zero-order valence-corrected chi connectivity index (χ0v) is 10.6. The lowest BCUT2D eigenvalue weighted by Gasteiger charge is -2.40. The Kier molecular flexibility index (Phi) is 3.39. The van der Waals surface area contributed by atoms with E-state index in [4.69, 9.17) is 4.74 Å². The second-order valence-corrected chi connectivity index (χ2v) is 6.17. The topological polar surface area (TPSA) is 9.23 Å². The zero-order chi connectivity index (χ0) is 10.9. The minimum Gasteiger partial charge on any atom is -0.378 e. The monoisotopic (exact) mass is 210 g/mol. The van der Waals surface area contributed by atoms with Crippen molar-refractivity contribution in [3.63, 3.8) is 0 Å². The van der Waals surface area contributed by atoms with Gasteiger partial charge >= 0.3 is 0 Å². The molecule has 0 spiro atoms. The summed E-state index contributed by atoms with van der Waals surface area (Å²) in [7, 11) is 0. The molecule has 0 bridgehead atoms. The molecule has 1 aliphatic heterocycles. The fraction of sp³-hybridized carbons (Fsp3) is 1.00. The molecule has 2 rings (SSSR count). The minimum absolute atomic E-state index is 0.585. The van der Waals surface area contributed by atoms with Crippen molar-refractivity contribution in [1.82, 2.24) is 0 Å². The van der Waals surface area contributed by atoms with Crippen LogP contribution in [-0.2, 0) is 4.74 Å². The fourth-order valence-corrected chi connectivity index (χ4v) is 3.50. The summed E-state index contributed by atoms with van der Waals surface area (Å²) in [6.45, 7) is 8.15. The van der Waals surface area contributed by atoms with Gasteiger partial charge in [-0.25, -0.2) is 0 Å². The van der Waals surface area contributed by atoms with Gasteiger partial charge in [-0.15, -0.1) is 0 Å². The Hall–Kier alpha value is -0.0400. The van der Waals surface area contributed by atoms with Crippen molar-refractivity contribution in [3.8, 4) is 0 Å². The Labute approximate surface area is 94.6 Å². The van der Waals surface area contributed by atoms with Gasteiger partial charge in [0.1, 0.15) is 0 Å². The molecule has 2 aliphatic rings. The van der Waals surface area contributed by atoms with Crippen LogP contribution in [-0.4, -0.2) is 12.7 Å². The summed E-state index contributed by atoms with van der Waals surface area (Å²) < 4.78 is 5.94. The second-order valence-electron chi connectivity index (χ2n) is 6.17. The Balaban J connectivity index is 1.92. The van der Waals surface area contributed by atoms with Crippen molar-refractivity contribution in [2.75, 3.05) is 6.61 Å². The molecule has 0 N–H and O–H groups in total. The smallest absolute Gasteiger partial charge is 0.0612 e. The Morgan fingerprint density at radius 3 is 2.93 bits per heavy atom. The first-order valence-corrected chi connectivity index (χ1v) is 6.76. The van der Waals surface area contributed by atoms with Crippen LogP contribution in [0.2, 0.25) is 0 Å². The summed E-state index contributed by atoms with van der Waals surface area (Å²) in [5, 5.41) is 0. The molecule has 1 saturated heterocycles. The largest absolute Gasteiger partial charge is 0.378 e. The third-order valence-corrected chi connectivity index (χ3v) is 4.69. The van der Waals surface area contributed by atoms with Gasteiger partial charge in [-0.3, -0.25) is 0 Å². The highest BCUT2D eigenvalue weighted by molar-refractivity contribution is 4.92. The molecule has 15 heavy (non-hydrogen) atoms. The Morgan fingerprint density at radius 1 is 1.40 bits per heavy atom. The van der Waals surface area contributed by atoms with E-state index >= 15 is 0 Å². The van der Waals surface area contributed by atoms with Crippen LogP contribution in [0.25, 0.3) is 0 Å². The van der Waals surface area contributed by atoms with Crippen LogP contribution in [0.3, 0.4) is 0 Å². The van der Waals surface area contributed by atoms with E-state index < -0.39 is 0 Å². The van der Waals surface area contributed by atoms with Crippen molar-refractivity contribution in [2.45, 2.75) is 65.4 Å². The molecular formula is C14H26O. The van der Waals surface area contributed by atoms with E-state index in [1.807, 2.05) is 0 Å². The Morgan fingerprint density at radius 2 is 2.20 bits per heavy atom. The third kappa shape index (κ3) is 2.38. The maximum atomic E-state index is 5.94. The molecule has 1 saturated carbocycles. The summed E-state index contributed by atoms with van der Waals surface area (Å²) in [4.78, 5) is 0. The maximum Gasteiger partial charge on any atom is 0.0612 e. The molecule has 1 nitrogen and oxygen atoms in total. The fourth-order valence-electron chi connectivity index (χ4n) is 3.50. The second kappa shape index (κ2) is 4.45. The predicted molar refractivity (Wildman–Crippen MR) is 63.9 cm³/mol. The maximum absolute atomic E-state index is 5.94. The van der Waals surface area contributed by atoms with E-state index in [1.165, 1.54) is 38.5 Å². The lowest BCUT2D eigenvalue weighted by Crippen LogP contribution is -2.34. The van der Waals surface area contributed by atoms with E-state index in [0.717, 1.165) is 18.4 Å². The molecule has 0 aromatic carbocycles. The van der Waals surface area contributed by atoms with Crippen molar-refractivity contribution >= 4 is 0 Å². The van der Waals surface area contributed by atoms with E-state index in [2.05, 4.69) is 20.8 Å². The molecule has 1 heteroatoms. The van der Waals surface area contributed by atoms with E-state index in [-0.39, 0.29) is 0 Å². The van der Waals surface area contributed by atoms with Crippen molar-refractivity contribution in [2.24, 2.45) is 17.3 Å². The summed E-state index contributed by atoms with van der Waals surface area (Å²) in [5.41, 5.74) is 0.585. The normalized spacial score (nSPS) is 45.4. The average molecular weight is 210 g/mol. The summed E-state index contributed by atoms with van der Waals surface area (Å²) in [5.74, 6) is 1.69. The number of unbranched alkanes of at least 4 members (excludes halogenated alkanes) is 1. The highest BCUT2D eigenvalue weighted by atomic mass is 16.5. The molecule has 2 unspecified atom stereocenters. The molecule has 88 valence electrons. The molecule has 0 radical (unpaired) electrons. The van der Waals surface area contributed by atoms with Gasteiger partial charge in [0.15, 0.2) is 0 Å². The third-order valence-electron chi connectivity index (χ3n) is 4.69. The highest BCUT2D eigenvalue weighted by Gasteiger charge is 2.43. The van der Waals surface area contributed by atoms with Crippen LogP contribution in [0.5, 0.6) is 0 Å². The van der Waals surface area contributed by atoms with Gasteiger partial charge in [0, 0.05) is 6.61 Å². The van der Waals surface area contributed by atoms with Crippen molar-refractivity contribution < 1.29 is 4.74 Å². The van der Waals surface area contributed by atoms with E-state index in [1.54, 1.807) is 0 Å². The van der Waals surface area contributed by atoms with Crippen LogP contribution in [0.1, 0.15) is 59.3 Å². The number of hydrogen-bond acceptors (Lipinski definition) is 1. The van der Waals surface area contributed by atoms with Gasteiger partial charge in [-0.05, 0) is 42.9 Å². The Bertz CT molecular complexity index is 213. The quantitative estimate of drug-likeness (QED) is 0.683. The first-order chi connectivity index (χ1) is 7.14. The SMILES string of the molecule is CCCCC1(C)CC[C@H]2C(C)CO[C@@H]2C1. The van der Waals surface area contributed by atoms with Gasteiger partial charge in [0.05, 0.1) is 6.10 Å². The number of fused-ring (bicyclic) bond motifs is 1.